The highest BCUT2D eigenvalue weighted by Gasteiger charge is 2.27. The number of carbonyl (C=O) groups excluding carboxylic acids is 1. The number of amides is 1. The second kappa shape index (κ2) is 8.10. The number of hydrogen-bond acceptors (Lipinski definition) is 4. The van der Waals surface area contributed by atoms with Crippen LogP contribution in [0.5, 0.6) is 0 Å². The summed E-state index contributed by atoms with van der Waals surface area (Å²) in [6.07, 6.45) is 0. The minimum atomic E-state index is -0.443. The lowest BCUT2D eigenvalue weighted by molar-refractivity contribution is -0.114. The molecule has 4 nitrogen and oxygen atoms in total. The Kier molecular flexibility index (Phi) is 5.84. The molecule has 6 heteroatoms. The van der Waals surface area contributed by atoms with Crippen molar-refractivity contribution < 1.29 is 4.79 Å². The van der Waals surface area contributed by atoms with Crippen LogP contribution in [0.15, 0.2) is 69.3 Å². The second-order valence-corrected chi connectivity index (χ2v) is 8.07. The average molecular weight is 430 g/mol. The lowest BCUT2D eigenvalue weighted by Crippen LogP contribution is -2.32. The lowest BCUT2D eigenvalue weighted by Gasteiger charge is -2.25. The van der Waals surface area contributed by atoms with Gasteiger partial charge in [0.1, 0.15) is 6.04 Å². The quantitative estimate of drug-likeness (QED) is 0.753. The van der Waals surface area contributed by atoms with Crippen LogP contribution in [0.2, 0.25) is 0 Å². The minimum absolute atomic E-state index is 0.373. The Morgan fingerprint density at radius 1 is 1.15 bits per heavy atom. The number of thioether (sulfide) groups is 1. The van der Waals surface area contributed by atoms with E-state index in [1.807, 2.05) is 50.2 Å². The molecular weight excluding hydrogens is 410 g/mol. The zero-order valence-corrected chi connectivity index (χ0v) is 17.0. The van der Waals surface area contributed by atoms with E-state index >= 15 is 0 Å². The molecule has 1 atom stereocenters. The summed E-state index contributed by atoms with van der Waals surface area (Å²) in [5.41, 5.74) is 10.2. The molecule has 1 aliphatic heterocycles. The fourth-order valence-electron chi connectivity index (χ4n) is 2.76. The molecule has 1 aliphatic rings. The monoisotopic (exact) mass is 429 g/mol. The summed E-state index contributed by atoms with van der Waals surface area (Å²) in [6, 6.07) is 15.9. The molecule has 0 unspecified atom stereocenters. The van der Waals surface area contributed by atoms with Crippen LogP contribution in [0.4, 0.5) is 0 Å². The highest BCUT2D eigenvalue weighted by Crippen LogP contribution is 2.32. The van der Waals surface area contributed by atoms with Crippen LogP contribution in [0, 0.1) is 6.92 Å². The third-order valence-electron chi connectivity index (χ3n) is 4.17. The van der Waals surface area contributed by atoms with Gasteiger partial charge >= 0.3 is 0 Å². The minimum Gasteiger partial charge on any atom is -0.366 e. The number of nitrogens with one attached hydrogen (secondary N) is 1. The van der Waals surface area contributed by atoms with Crippen molar-refractivity contribution in [1.29, 1.82) is 0 Å². The number of primary amides is 1. The maximum atomic E-state index is 12.0. The number of halogens is 1. The highest BCUT2D eigenvalue weighted by atomic mass is 79.9. The Hall–Kier alpha value is -2.05. The third kappa shape index (κ3) is 4.37. The van der Waals surface area contributed by atoms with Gasteiger partial charge in [-0.15, -0.1) is 0 Å². The van der Waals surface area contributed by atoms with Gasteiger partial charge < -0.3 is 11.1 Å². The summed E-state index contributed by atoms with van der Waals surface area (Å²) < 4.78 is 1.06. The van der Waals surface area contributed by atoms with Crippen molar-refractivity contribution in [2.45, 2.75) is 25.6 Å². The number of allylic oxidation sites excluding steroid dienone is 1. The molecule has 0 saturated heterocycles. The molecule has 0 aliphatic carbocycles. The Morgan fingerprint density at radius 2 is 1.81 bits per heavy atom. The van der Waals surface area contributed by atoms with Crippen LogP contribution in [0.1, 0.15) is 29.7 Å². The van der Waals surface area contributed by atoms with Gasteiger partial charge in [-0.3, -0.25) is 4.79 Å². The van der Waals surface area contributed by atoms with Crippen molar-refractivity contribution in [1.82, 2.24) is 5.32 Å². The Labute approximate surface area is 166 Å². The fourth-order valence-corrected chi connectivity index (χ4v) is 3.93. The van der Waals surface area contributed by atoms with E-state index in [4.69, 9.17) is 10.7 Å². The van der Waals surface area contributed by atoms with Gasteiger partial charge in [0.2, 0.25) is 5.91 Å². The van der Waals surface area contributed by atoms with Crippen molar-refractivity contribution in [3.63, 3.8) is 0 Å². The summed E-state index contributed by atoms with van der Waals surface area (Å²) in [6.45, 7) is 3.90. The molecule has 26 heavy (non-hydrogen) atoms. The molecule has 0 spiro atoms. The van der Waals surface area contributed by atoms with E-state index in [2.05, 4.69) is 33.4 Å². The molecule has 3 N–H and O–H groups in total. The average Bonchev–Trinajstić information content (AvgIpc) is 2.61. The first-order valence-electron chi connectivity index (χ1n) is 8.23. The van der Waals surface area contributed by atoms with Gasteiger partial charge in [-0.2, -0.15) is 0 Å². The zero-order chi connectivity index (χ0) is 18.7. The predicted octanol–water partition coefficient (Wildman–Crippen LogP) is 4.45. The zero-order valence-electron chi connectivity index (χ0n) is 14.6. The van der Waals surface area contributed by atoms with E-state index in [1.165, 1.54) is 5.56 Å². The fraction of sp³-hybridized carbons (Fsp3) is 0.200. The Bertz CT molecular complexity index is 873. The van der Waals surface area contributed by atoms with Crippen molar-refractivity contribution in [2.75, 3.05) is 0 Å². The van der Waals surface area contributed by atoms with Crippen LogP contribution in [-0.2, 0) is 10.5 Å². The number of nitrogens with zero attached hydrogens (tertiary/aromatic N) is 1. The molecule has 2 aromatic rings. The topological polar surface area (TPSA) is 67.5 Å². The van der Waals surface area contributed by atoms with Gasteiger partial charge in [-0.05, 0) is 37.1 Å². The maximum Gasteiger partial charge on any atom is 0.248 e. The van der Waals surface area contributed by atoms with Crippen LogP contribution < -0.4 is 11.1 Å². The first-order chi connectivity index (χ1) is 12.4. The number of nitrogens with two attached hydrogens (primary N) is 1. The van der Waals surface area contributed by atoms with Crippen LogP contribution in [-0.4, -0.2) is 11.1 Å². The van der Waals surface area contributed by atoms with Gasteiger partial charge in [-0.25, -0.2) is 4.99 Å². The van der Waals surface area contributed by atoms with Crippen LogP contribution >= 0.6 is 27.7 Å². The molecule has 0 bridgehead atoms. The van der Waals surface area contributed by atoms with Crippen LogP contribution in [0.25, 0.3) is 0 Å². The van der Waals surface area contributed by atoms with Crippen molar-refractivity contribution >= 4 is 38.8 Å². The molecular formula is C20H20BrN3OS. The molecule has 0 fully saturated rings. The van der Waals surface area contributed by atoms with E-state index in [0.29, 0.717) is 5.57 Å². The van der Waals surface area contributed by atoms with E-state index in [-0.39, 0.29) is 6.04 Å². The first kappa shape index (κ1) is 18.7. The molecule has 0 radical (unpaired) electrons. The van der Waals surface area contributed by atoms with Gasteiger partial charge in [0, 0.05) is 15.9 Å². The highest BCUT2D eigenvalue weighted by molar-refractivity contribution is 9.10. The van der Waals surface area contributed by atoms with Gasteiger partial charge in [-0.1, -0.05) is 69.7 Å². The number of carbonyl (C=O) groups is 1. The largest absolute Gasteiger partial charge is 0.366 e. The Balaban J connectivity index is 1.85. The summed E-state index contributed by atoms with van der Waals surface area (Å²) in [5, 5.41) is 4.02. The first-order valence-corrected chi connectivity index (χ1v) is 10.0. The second-order valence-electron chi connectivity index (χ2n) is 6.19. The maximum absolute atomic E-state index is 12.0. The van der Waals surface area contributed by atoms with Gasteiger partial charge in [0.25, 0.3) is 0 Å². The van der Waals surface area contributed by atoms with E-state index in [9.17, 15) is 4.79 Å². The van der Waals surface area contributed by atoms with E-state index < -0.39 is 5.91 Å². The number of benzene rings is 2. The standard InChI is InChI=1S/C20H20BrN3OS/c1-12-3-7-15(8-4-12)18-17(19(22)25)13(2)23-20(24-18)26-11-14-5-9-16(21)10-6-14/h3-10,18H,11H2,1-2H3,(H2,22,25)(H,23,24)/t18-/m0/s1. The van der Waals surface area contributed by atoms with Crippen molar-refractivity contribution in [3.8, 4) is 0 Å². The molecule has 1 heterocycles. The summed E-state index contributed by atoms with van der Waals surface area (Å²) >= 11 is 5.06. The number of aliphatic imine (C=N–C) groups is 1. The van der Waals surface area contributed by atoms with E-state index in [1.54, 1.807) is 11.8 Å². The molecule has 3 rings (SSSR count). The smallest absolute Gasteiger partial charge is 0.248 e. The summed E-state index contributed by atoms with van der Waals surface area (Å²) in [7, 11) is 0. The predicted molar refractivity (Wildman–Crippen MR) is 112 cm³/mol. The van der Waals surface area contributed by atoms with Crippen molar-refractivity contribution in [3.05, 3.63) is 81.0 Å². The van der Waals surface area contributed by atoms with Crippen molar-refractivity contribution in [2.24, 2.45) is 10.7 Å². The number of rotatable bonds is 4. The normalized spacial score (nSPS) is 16.9. The number of amidine groups is 1. The third-order valence-corrected chi connectivity index (χ3v) is 5.65. The SMILES string of the molecule is CC1=C(C(N)=O)[C@H](c2ccc(C)cc2)N=C(SCc2ccc(Br)cc2)N1. The summed E-state index contributed by atoms with van der Waals surface area (Å²) in [4.78, 5) is 16.7. The molecule has 134 valence electrons. The van der Waals surface area contributed by atoms with Crippen LogP contribution in [0.3, 0.4) is 0 Å². The lowest BCUT2D eigenvalue weighted by atomic mass is 9.95. The molecule has 0 aromatic heterocycles. The Morgan fingerprint density at radius 3 is 2.42 bits per heavy atom. The molecule has 1 amide bonds. The molecule has 2 aromatic carbocycles. The van der Waals surface area contributed by atoms with Gasteiger partial charge in [0.05, 0.1) is 5.57 Å². The number of aryl methyl sites for hydroxylation is 1. The van der Waals surface area contributed by atoms with Gasteiger partial charge in [0.15, 0.2) is 5.17 Å². The molecule has 0 saturated carbocycles. The van der Waals surface area contributed by atoms with E-state index in [0.717, 1.165) is 32.2 Å². The summed E-state index contributed by atoms with van der Waals surface area (Å²) in [5.74, 6) is 0.347. The number of hydrogen-bond donors (Lipinski definition) is 2.